The molecule has 168 valence electrons. The second-order valence-corrected chi connectivity index (χ2v) is 9.46. The molecule has 1 unspecified atom stereocenters. The normalized spacial score (nSPS) is 20.4. The van der Waals surface area contributed by atoms with Gasteiger partial charge in [-0.05, 0) is 55.8 Å². The van der Waals surface area contributed by atoms with E-state index in [1.54, 1.807) is 6.20 Å². The molecule has 6 nitrogen and oxygen atoms in total. The smallest absolute Gasteiger partial charge is 0.275 e. The van der Waals surface area contributed by atoms with Gasteiger partial charge >= 0.3 is 0 Å². The molecular weight excluding hydrogens is 398 g/mol. The Morgan fingerprint density at radius 1 is 1.06 bits per heavy atom. The van der Waals surface area contributed by atoms with Gasteiger partial charge in [-0.2, -0.15) is 5.10 Å². The molecule has 6 heteroatoms. The van der Waals surface area contributed by atoms with Crippen molar-refractivity contribution in [2.45, 2.75) is 57.5 Å². The number of pyridine rings is 1. The molecule has 1 aliphatic heterocycles. The van der Waals surface area contributed by atoms with Gasteiger partial charge in [0, 0.05) is 43.5 Å². The fourth-order valence-electron chi connectivity index (χ4n) is 5.54. The fraction of sp³-hybridized carbons (Fsp3) is 0.500. The fourth-order valence-corrected chi connectivity index (χ4v) is 5.54. The summed E-state index contributed by atoms with van der Waals surface area (Å²) in [4.78, 5) is 22.7. The molecule has 5 rings (SSSR count). The minimum absolute atomic E-state index is 0.00101. The maximum absolute atomic E-state index is 13.7. The van der Waals surface area contributed by atoms with Crippen LogP contribution in [0, 0.1) is 5.92 Å². The van der Waals surface area contributed by atoms with Crippen molar-refractivity contribution in [2.24, 2.45) is 5.92 Å². The largest absolute Gasteiger partial charge is 0.333 e. The molecule has 3 aromatic rings. The van der Waals surface area contributed by atoms with Gasteiger partial charge in [0.05, 0.1) is 5.52 Å². The van der Waals surface area contributed by atoms with Crippen LogP contribution in [0.2, 0.25) is 0 Å². The number of para-hydroxylation sites is 1. The van der Waals surface area contributed by atoms with E-state index >= 15 is 0 Å². The summed E-state index contributed by atoms with van der Waals surface area (Å²) in [6.07, 6.45) is 12.8. The molecule has 1 N–H and O–H groups in total. The van der Waals surface area contributed by atoms with E-state index in [1.807, 2.05) is 47.5 Å². The average Bonchev–Trinajstić information content (AvgIpc) is 3.29. The van der Waals surface area contributed by atoms with Crippen molar-refractivity contribution in [2.75, 3.05) is 19.6 Å². The molecule has 1 saturated heterocycles. The van der Waals surface area contributed by atoms with E-state index in [9.17, 15) is 4.79 Å². The number of fused-ring (bicyclic) bond motifs is 1. The summed E-state index contributed by atoms with van der Waals surface area (Å²) < 4.78 is 0. The standard InChI is InChI=1S/C26H33N5O/c32-26(25-23-12-4-5-13-24(23)28-29-25)31(17-20-8-6-14-27-16-20)19-21-9-7-15-30(18-21)22-10-2-1-3-11-22/h4-6,8,12-14,16,21-22H,1-3,7,9-11,15,17-19H2,(H,28,29). The number of carbonyl (C=O) groups is 1. The van der Waals surface area contributed by atoms with E-state index in [2.05, 4.69) is 20.1 Å². The van der Waals surface area contributed by atoms with Crippen LogP contribution in [0.25, 0.3) is 10.9 Å². The molecule has 0 radical (unpaired) electrons. The van der Waals surface area contributed by atoms with Gasteiger partial charge in [0.25, 0.3) is 5.91 Å². The Labute approximate surface area is 190 Å². The van der Waals surface area contributed by atoms with Crippen LogP contribution < -0.4 is 0 Å². The van der Waals surface area contributed by atoms with Crippen LogP contribution >= 0.6 is 0 Å². The lowest BCUT2D eigenvalue weighted by molar-refractivity contribution is 0.0580. The minimum Gasteiger partial charge on any atom is -0.333 e. The second-order valence-electron chi connectivity index (χ2n) is 9.46. The second kappa shape index (κ2) is 9.82. The lowest BCUT2D eigenvalue weighted by atomic mass is 9.90. The number of H-pyrrole nitrogens is 1. The number of hydrogen-bond donors (Lipinski definition) is 1. The summed E-state index contributed by atoms with van der Waals surface area (Å²) in [5.41, 5.74) is 2.48. The molecule has 0 bridgehead atoms. The van der Waals surface area contributed by atoms with Gasteiger partial charge in [-0.1, -0.05) is 43.5 Å². The predicted octanol–water partition coefficient (Wildman–Crippen LogP) is 4.65. The van der Waals surface area contributed by atoms with Crippen LogP contribution in [-0.2, 0) is 6.54 Å². The summed E-state index contributed by atoms with van der Waals surface area (Å²) in [6.45, 7) is 3.64. The van der Waals surface area contributed by atoms with E-state index in [1.165, 1.54) is 51.5 Å². The van der Waals surface area contributed by atoms with Crippen LogP contribution in [0.5, 0.6) is 0 Å². The molecule has 2 aliphatic rings. The maximum Gasteiger partial charge on any atom is 0.275 e. The van der Waals surface area contributed by atoms with Crippen molar-refractivity contribution in [3.63, 3.8) is 0 Å². The number of nitrogens with zero attached hydrogens (tertiary/aromatic N) is 4. The molecule has 1 aromatic carbocycles. The molecule has 3 heterocycles. The van der Waals surface area contributed by atoms with Crippen LogP contribution in [-0.4, -0.2) is 56.6 Å². The Balaban J connectivity index is 1.35. The van der Waals surface area contributed by atoms with Crippen LogP contribution in [0.1, 0.15) is 61.0 Å². The van der Waals surface area contributed by atoms with Crippen molar-refractivity contribution in [3.8, 4) is 0 Å². The Hall–Kier alpha value is -2.73. The molecule has 32 heavy (non-hydrogen) atoms. The predicted molar refractivity (Wildman–Crippen MR) is 126 cm³/mol. The zero-order chi connectivity index (χ0) is 21.8. The van der Waals surface area contributed by atoms with Crippen molar-refractivity contribution < 1.29 is 4.79 Å². The molecular formula is C26H33N5O. The summed E-state index contributed by atoms with van der Waals surface area (Å²) in [6, 6.07) is 12.6. The highest BCUT2D eigenvalue weighted by molar-refractivity contribution is 6.04. The third-order valence-corrected chi connectivity index (χ3v) is 7.18. The monoisotopic (exact) mass is 431 g/mol. The van der Waals surface area contributed by atoms with Crippen LogP contribution in [0.15, 0.2) is 48.8 Å². The lowest BCUT2D eigenvalue weighted by Gasteiger charge is -2.41. The van der Waals surface area contributed by atoms with Crippen molar-refractivity contribution in [3.05, 3.63) is 60.0 Å². The molecule has 1 aliphatic carbocycles. The number of nitrogens with one attached hydrogen (secondary N) is 1. The lowest BCUT2D eigenvalue weighted by Crippen LogP contribution is -2.47. The molecule has 1 atom stereocenters. The van der Waals surface area contributed by atoms with E-state index < -0.39 is 0 Å². The van der Waals surface area contributed by atoms with Gasteiger partial charge < -0.3 is 9.80 Å². The average molecular weight is 432 g/mol. The summed E-state index contributed by atoms with van der Waals surface area (Å²) in [5, 5.41) is 8.31. The number of aromatic amines is 1. The highest BCUT2D eigenvalue weighted by Gasteiger charge is 2.30. The first-order valence-electron chi connectivity index (χ1n) is 12.1. The molecule has 0 spiro atoms. The van der Waals surface area contributed by atoms with E-state index in [0.717, 1.165) is 35.6 Å². The number of benzene rings is 1. The van der Waals surface area contributed by atoms with Gasteiger partial charge in [0.15, 0.2) is 5.69 Å². The van der Waals surface area contributed by atoms with Crippen molar-refractivity contribution in [1.82, 2.24) is 25.0 Å². The third-order valence-electron chi connectivity index (χ3n) is 7.18. The van der Waals surface area contributed by atoms with E-state index in [0.29, 0.717) is 18.2 Å². The first kappa shape index (κ1) is 21.1. The van der Waals surface area contributed by atoms with Crippen LogP contribution in [0.3, 0.4) is 0 Å². The van der Waals surface area contributed by atoms with E-state index in [4.69, 9.17) is 0 Å². The number of carbonyl (C=O) groups excluding carboxylic acids is 1. The highest BCUT2D eigenvalue weighted by Crippen LogP contribution is 2.28. The SMILES string of the molecule is O=C(c1n[nH]c2ccccc12)N(Cc1cccnc1)CC1CCCN(C2CCCCC2)C1. The zero-order valence-corrected chi connectivity index (χ0v) is 18.7. The van der Waals surface area contributed by atoms with E-state index in [-0.39, 0.29) is 5.91 Å². The topological polar surface area (TPSA) is 65.1 Å². The number of hydrogen-bond acceptors (Lipinski definition) is 4. The minimum atomic E-state index is 0.00101. The third kappa shape index (κ3) is 4.70. The summed E-state index contributed by atoms with van der Waals surface area (Å²) in [5.74, 6) is 0.498. The van der Waals surface area contributed by atoms with Gasteiger partial charge in [0.2, 0.25) is 0 Å². The first-order valence-corrected chi connectivity index (χ1v) is 12.1. The molecule has 2 aromatic heterocycles. The number of likely N-dealkylation sites (tertiary alicyclic amines) is 1. The number of piperidine rings is 1. The van der Waals surface area contributed by atoms with Crippen molar-refractivity contribution in [1.29, 1.82) is 0 Å². The zero-order valence-electron chi connectivity index (χ0n) is 18.7. The number of amides is 1. The summed E-state index contributed by atoms with van der Waals surface area (Å²) in [7, 11) is 0. The molecule has 1 saturated carbocycles. The van der Waals surface area contributed by atoms with Gasteiger partial charge in [0.1, 0.15) is 0 Å². The Bertz CT molecular complexity index is 1030. The van der Waals surface area contributed by atoms with Crippen LogP contribution in [0.4, 0.5) is 0 Å². The highest BCUT2D eigenvalue weighted by atomic mass is 16.2. The molecule has 1 amide bonds. The number of rotatable bonds is 6. The first-order chi connectivity index (χ1) is 15.8. The van der Waals surface area contributed by atoms with Crippen molar-refractivity contribution >= 4 is 16.8 Å². The van der Waals surface area contributed by atoms with Gasteiger partial charge in [-0.15, -0.1) is 0 Å². The van der Waals surface area contributed by atoms with Gasteiger partial charge in [-0.3, -0.25) is 14.9 Å². The number of aromatic nitrogens is 3. The maximum atomic E-state index is 13.7. The summed E-state index contributed by atoms with van der Waals surface area (Å²) >= 11 is 0. The Morgan fingerprint density at radius 3 is 2.78 bits per heavy atom. The Kier molecular flexibility index (Phi) is 6.49. The molecule has 2 fully saturated rings. The Morgan fingerprint density at radius 2 is 1.94 bits per heavy atom. The quantitative estimate of drug-likeness (QED) is 0.617. The van der Waals surface area contributed by atoms with Gasteiger partial charge in [-0.25, -0.2) is 0 Å².